The van der Waals surface area contributed by atoms with Gasteiger partial charge in [-0.2, -0.15) is 0 Å². The van der Waals surface area contributed by atoms with Crippen molar-refractivity contribution in [2.45, 2.75) is 12.5 Å². The maximum Gasteiger partial charge on any atom is 0.340 e. The van der Waals surface area contributed by atoms with Gasteiger partial charge in [-0.25, -0.2) is 4.79 Å². The Kier molecular flexibility index (Phi) is 3.53. The van der Waals surface area contributed by atoms with E-state index in [2.05, 4.69) is 0 Å². The first-order valence-electron chi connectivity index (χ1n) is 5.80. The van der Waals surface area contributed by atoms with Crippen LogP contribution in [0.1, 0.15) is 12.5 Å². The number of hydrogen-bond donors (Lipinski definition) is 2. The molecule has 0 saturated heterocycles. The van der Waals surface area contributed by atoms with E-state index >= 15 is 0 Å². The van der Waals surface area contributed by atoms with Crippen LogP contribution in [-0.2, 0) is 10.4 Å². The summed E-state index contributed by atoms with van der Waals surface area (Å²) in [5.41, 5.74) is -1.78. The Labute approximate surface area is 110 Å². The van der Waals surface area contributed by atoms with Crippen LogP contribution < -0.4 is 4.74 Å². The number of carboxylic acid groups (broad SMARTS) is 1. The Balaban J connectivity index is 2.40. The van der Waals surface area contributed by atoms with E-state index in [1.54, 1.807) is 30.3 Å². The van der Waals surface area contributed by atoms with E-state index < -0.39 is 11.6 Å². The summed E-state index contributed by atoms with van der Waals surface area (Å²) in [6, 6.07) is 15.5. The van der Waals surface area contributed by atoms with Gasteiger partial charge in [0, 0.05) is 5.56 Å². The summed E-state index contributed by atoms with van der Waals surface area (Å²) in [4.78, 5) is 11.1. The van der Waals surface area contributed by atoms with Gasteiger partial charge in [0.05, 0.1) is 0 Å². The molecule has 4 heteroatoms. The van der Waals surface area contributed by atoms with Crippen LogP contribution in [-0.4, -0.2) is 16.2 Å². The topological polar surface area (TPSA) is 66.8 Å². The first-order valence-corrected chi connectivity index (χ1v) is 5.80. The molecule has 0 fully saturated rings. The summed E-state index contributed by atoms with van der Waals surface area (Å²) < 4.78 is 5.62. The highest BCUT2D eigenvalue weighted by Gasteiger charge is 2.35. The Morgan fingerprint density at radius 2 is 1.63 bits per heavy atom. The van der Waals surface area contributed by atoms with Crippen molar-refractivity contribution < 1.29 is 19.7 Å². The molecule has 0 saturated carbocycles. The molecular formula is C15H14O4. The maximum atomic E-state index is 11.1. The molecule has 0 heterocycles. The monoisotopic (exact) mass is 258 g/mol. The predicted octanol–water partition coefficient (Wildman–Crippen LogP) is 2.77. The van der Waals surface area contributed by atoms with Gasteiger partial charge in [-0.05, 0) is 25.1 Å². The van der Waals surface area contributed by atoms with Gasteiger partial charge in [-0.15, -0.1) is 0 Å². The Hall–Kier alpha value is -2.33. The van der Waals surface area contributed by atoms with Crippen LogP contribution in [0.5, 0.6) is 11.5 Å². The number of ether oxygens (including phenoxy) is 1. The second kappa shape index (κ2) is 5.12. The van der Waals surface area contributed by atoms with Crippen molar-refractivity contribution in [3.8, 4) is 11.5 Å². The molecular weight excluding hydrogens is 244 g/mol. The van der Waals surface area contributed by atoms with Crippen LogP contribution in [0.4, 0.5) is 0 Å². The minimum atomic E-state index is -1.99. The largest absolute Gasteiger partial charge is 0.479 e. The lowest BCUT2D eigenvalue weighted by Crippen LogP contribution is -2.32. The zero-order valence-electron chi connectivity index (χ0n) is 10.4. The van der Waals surface area contributed by atoms with Crippen LogP contribution in [0.15, 0.2) is 54.6 Å². The quantitative estimate of drug-likeness (QED) is 0.884. The lowest BCUT2D eigenvalue weighted by Gasteiger charge is -2.21. The van der Waals surface area contributed by atoms with E-state index in [-0.39, 0.29) is 5.56 Å². The molecule has 0 aliphatic heterocycles. The van der Waals surface area contributed by atoms with Crippen LogP contribution in [0, 0.1) is 0 Å². The first-order chi connectivity index (χ1) is 9.01. The summed E-state index contributed by atoms with van der Waals surface area (Å²) in [5.74, 6) is -0.422. The van der Waals surface area contributed by atoms with E-state index in [0.717, 1.165) is 0 Å². The van der Waals surface area contributed by atoms with E-state index in [0.29, 0.717) is 11.5 Å². The van der Waals surface area contributed by atoms with Crippen molar-refractivity contribution in [3.05, 3.63) is 60.2 Å². The molecule has 0 bridgehead atoms. The molecule has 1 atom stereocenters. The summed E-state index contributed by atoms with van der Waals surface area (Å²) in [7, 11) is 0. The number of carboxylic acids is 1. The molecule has 2 rings (SSSR count). The van der Waals surface area contributed by atoms with E-state index in [1.165, 1.54) is 13.0 Å². The van der Waals surface area contributed by atoms with Crippen LogP contribution in [0.25, 0.3) is 0 Å². The van der Waals surface area contributed by atoms with Crippen LogP contribution in [0.3, 0.4) is 0 Å². The number of hydrogen-bond acceptors (Lipinski definition) is 3. The highest BCUT2D eigenvalue weighted by Crippen LogP contribution is 2.33. The second-order valence-corrected chi connectivity index (χ2v) is 4.29. The number of para-hydroxylation sites is 2. The standard InChI is InChI=1S/C15H14O4/c1-15(18,14(16)17)12-9-5-6-10-13(12)19-11-7-3-2-4-8-11/h2-10,18H,1H3,(H,16,17). The molecule has 98 valence electrons. The molecule has 1 unspecified atom stereocenters. The SMILES string of the molecule is CC(O)(C(=O)O)c1ccccc1Oc1ccccc1. The lowest BCUT2D eigenvalue weighted by molar-refractivity contribution is -0.157. The fourth-order valence-corrected chi connectivity index (χ4v) is 1.69. The molecule has 19 heavy (non-hydrogen) atoms. The molecule has 0 aliphatic carbocycles. The third-order valence-corrected chi connectivity index (χ3v) is 2.80. The summed E-state index contributed by atoms with van der Waals surface area (Å²) >= 11 is 0. The molecule has 2 aromatic rings. The van der Waals surface area contributed by atoms with Gasteiger partial charge in [-0.3, -0.25) is 0 Å². The van der Waals surface area contributed by atoms with Crippen molar-refractivity contribution in [1.82, 2.24) is 0 Å². The highest BCUT2D eigenvalue weighted by atomic mass is 16.5. The van der Waals surface area contributed by atoms with Crippen molar-refractivity contribution in [2.75, 3.05) is 0 Å². The minimum Gasteiger partial charge on any atom is -0.479 e. The number of carbonyl (C=O) groups is 1. The van der Waals surface area contributed by atoms with E-state index in [4.69, 9.17) is 9.84 Å². The average Bonchev–Trinajstić information content (AvgIpc) is 2.40. The normalized spacial score (nSPS) is 13.6. The van der Waals surface area contributed by atoms with Gasteiger partial charge >= 0.3 is 5.97 Å². The van der Waals surface area contributed by atoms with E-state index in [9.17, 15) is 9.90 Å². The molecule has 2 aromatic carbocycles. The lowest BCUT2D eigenvalue weighted by atomic mass is 9.95. The summed E-state index contributed by atoms with van der Waals surface area (Å²) in [6.07, 6.45) is 0. The fourth-order valence-electron chi connectivity index (χ4n) is 1.69. The maximum absolute atomic E-state index is 11.1. The Bertz CT molecular complexity index is 576. The molecule has 0 aliphatic rings. The van der Waals surface area contributed by atoms with Gasteiger partial charge < -0.3 is 14.9 Å². The number of aliphatic carboxylic acids is 1. The zero-order valence-corrected chi connectivity index (χ0v) is 10.4. The number of aliphatic hydroxyl groups is 1. The van der Waals surface area contributed by atoms with Crippen molar-refractivity contribution >= 4 is 5.97 Å². The molecule has 0 aromatic heterocycles. The molecule has 4 nitrogen and oxygen atoms in total. The highest BCUT2D eigenvalue weighted by molar-refractivity contribution is 5.79. The smallest absolute Gasteiger partial charge is 0.340 e. The number of benzene rings is 2. The Morgan fingerprint density at radius 3 is 2.26 bits per heavy atom. The third kappa shape index (κ3) is 2.74. The minimum absolute atomic E-state index is 0.214. The van der Waals surface area contributed by atoms with Crippen LogP contribution in [0.2, 0.25) is 0 Å². The average molecular weight is 258 g/mol. The second-order valence-electron chi connectivity index (χ2n) is 4.29. The summed E-state index contributed by atoms with van der Waals surface area (Å²) in [6.45, 7) is 1.22. The molecule has 0 amide bonds. The van der Waals surface area contributed by atoms with Crippen molar-refractivity contribution in [2.24, 2.45) is 0 Å². The molecule has 0 radical (unpaired) electrons. The Morgan fingerprint density at radius 1 is 1.05 bits per heavy atom. The van der Waals surface area contributed by atoms with Crippen LogP contribution >= 0.6 is 0 Å². The fraction of sp³-hybridized carbons (Fsp3) is 0.133. The first kappa shape index (κ1) is 13.1. The molecule has 2 N–H and O–H groups in total. The predicted molar refractivity (Wildman–Crippen MR) is 70.2 cm³/mol. The van der Waals surface area contributed by atoms with Gasteiger partial charge in [0.25, 0.3) is 0 Å². The van der Waals surface area contributed by atoms with Crippen molar-refractivity contribution in [3.63, 3.8) is 0 Å². The van der Waals surface area contributed by atoms with Gasteiger partial charge in [0.1, 0.15) is 11.5 Å². The van der Waals surface area contributed by atoms with Gasteiger partial charge in [-0.1, -0.05) is 36.4 Å². The summed E-state index contributed by atoms with van der Waals surface area (Å²) in [5, 5.41) is 19.1. The number of rotatable bonds is 4. The molecule has 0 spiro atoms. The third-order valence-electron chi connectivity index (χ3n) is 2.80. The van der Waals surface area contributed by atoms with E-state index in [1.807, 2.05) is 18.2 Å². The zero-order chi connectivity index (χ0) is 13.9. The van der Waals surface area contributed by atoms with Gasteiger partial charge in [0.15, 0.2) is 5.60 Å². The van der Waals surface area contributed by atoms with Crippen molar-refractivity contribution in [1.29, 1.82) is 0 Å². The van der Waals surface area contributed by atoms with Gasteiger partial charge in [0.2, 0.25) is 0 Å².